The number of fused-ring (bicyclic) bond motifs is 1. The standard InChI is InChI=1S/C20H17FN4O2/c1-26-17-8-3-13(11-18(17)27-2)16-12-19-22-9-10-25(19)20(24-16)23-15-6-4-14(21)5-7-15/h3-12H,1-2H3,(H,23,24). The molecule has 4 rings (SSSR count). The number of hydrogen-bond donors (Lipinski definition) is 1. The Kier molecular flexibility index (Phi) is 4.33. The second-order valence-corrected chi connectivity index (χ2v) is 5.82. The van der Waals surface area contributed by atoms with Crippen molar-refractivity contribution >= 4 is 17.3 Å². The highest BCUT2D eigenvalue weighted by Gasteiger charge is 2.12. The maximum Gasteiger partial charge on any atom is 0.213 e. The summed E-state index contributed by atoms with van der Waals surface area (Å²) in [6, 6.07) is 13.6. The Morgan fingerprint density at radius 3 is 2.48 bits per heavy atom. The van der Waals surface area contributed by atoms with Gasteiger partial charge in [0, 0.05) is 29.7 Å². The van der Waals surface area contributed by atoms with Crippen molar-refractivity contribution < 1.29 is 13.9 Å². The molecule has 1 N–H and O–H groups in total. The van der Waals surface area contributed by atoms with E-state index in [-0.39, 0.29) is 5.82 Å². The molecule has 0 saturated carbocycles. The van der Waals surface area contributed by atoms with E-state index in [2.05, 4.69) is 10.3 Å². The van der Waals surface area contributed by atoms with Crippen molar-refractivity contribution in [1.82, 2.24) is 14.4 Å². The average molecular weight is 364 g/mol. The Morgan fingerprint density at radius 2 is 1.74 bits per heavy atom. The van der Waals surface area contributed by atoms with Gasteiger partial charge >= 0.3 is 0 Å². The second-order valence-electron chi connectivity index (χ2n) is 5.82. The van der Waals surface area contributed by atoms with Crippen LogP contribution in [0.3, 0.4) is 0 Å². The summed E-state index contributed by atoms with van der Waals surface area (Å²) in [7, 11) is 3.19. The normalized spacial score (nSPS) is 10.8. The van der Waals surface area contributed by atoms with Crippen molar-refractivity contribution in [1.29, 1.82) is 0 Å². The van der Waals surface area contributed by atoms with Gasteiger partial charge in [-0.2, -0.15) is 0 Å². The van der Waals surface area contributed by atoms with Gasteiger partial charge in [0.25, 0.3) is 0 Å². The first-order chi connectivity index (χ1) is 13.2. The van der Waals surface area contributed by atoms with Gasteiger partial charge in [-0.05, 0) is 42.5 Å². The van der Waals surface area contributed by atoms with Gasteiger partial charge in [0.15, 0.2) is 11.5 Å². The number of nitrogens with zero attached hydrogens (tertiary/aromatic N) is 3. The largest absolute Gasteiger partial charge is 0.493 e. The van der Waals surface area contributed by atoms with Crippen molar-refractivity contribution in [2.45, 2.75) is 0 Å². The minimum atomic E-state index is -0.291. The minimum absolute atomic E-state index is 0.291. The second kappa shape index (κ2) is 6.95. The summed E-state index contributed by atoms with van der Waals surface area (Å²) in [5.41, 5.74) is 3.04. The Bertz CT molecular complexity index is 1090. The van der Waals surface area contributed by atoms with Gasteiger partial charge < -0.3 is 14.8 Å². The number of rotatable bonds is 5. The maximum absolute atomic E-state index is 13.2. The molecule has 0 spiro atoms. The molecule has 0 aliphatic heterocycles. The van der Waals surface area contributed by atoms with Crippen LogP contribution >= 0.6 is 0 Å². The highest BCUT2D eigenvalue weighted by atomic mass is 19.1. The predicted molar refractivity (Wildman–Crippen MR) is 101 cm³/mol. The lowest BCUT2D eigenvalue weighted by molar-refractivity contribution is 0.355. The molecule has 6 nitrogen and oxygen atoms in total. The summed E-state index contributed by atoms with van der Waals surface area (Å²) in [5.74, 6) is 1.54. The van der Waals surface area contributed by atoms with Gasteiger partial charge in [-0.3, -0.25) is 4.40 Å². The van der Waals surface area contributed by atoms with Crippen LogP contribution in [0.4, 0.5) is 16.0 Å². The fourth-order valence-electron chi connectivity index (χ4n) is 2.82. The average Bonchev–Trinajstić information content (AvgIpc) is 3.18. The van der Waals surface area contributed by atoms with E-state index in [4.69, 9.17) is 14.5 Å². The topological polar surface area (TPSA) is 60.7 Å². The summed E-state index contributed by atoms with van der Waals surface area (Å²) < 4.78 is 25.7. The monoisotopic (exact) mass is 364 g/mol. The molecule has 0 aliphatic rings. The number of halogens is 1. The van der Waals surface area contributed by atoms with Crippen LogP contribution in [0.25, 0.3) is 16.9 Å². The van der Waals surface area contributed by atoms with Crippen molar-refractivity contribution in [2.24, 2.45) is 0 Å². The number of nitrogens with one attached hydrogen (secondary N) is 1. The molecule has 0 amide bonds. The third-order valence-electron chi connectivity index (χ3n) is 4.17. The van der Waals surface area contributed by atoms with Crippen molar-refractivity contribution in [3.8, 4) is 22.8 Å². The van der Waals surface area contributed by atoms with Crippen LogP contribution in [0, 0.1) is 5.82 Å². The van der Waals surface area contributed by atoms with Crippen LogP contribution in [0.1, 0.15) is 0 Å². The fraction of sp³-hybridized carbons (Fsp3) is 0.100. The molecule has 0 bridgehead atoms. The van der Waals surface area contributed by atoms with Crippen LogP contribution < -0.4 is 14.8 Å². The first-order valence-corrected chi connectivity index (χ1v) is 8.27. The van der Waals surface area contributed by atoms with Crippen molar-refractivity contribution in [3.63, 3.8) is 0 Å². The Labute approximate surface area is 155 Å². The molecule has 0 unspecified atom stereocenters. The first kappa shape index (κ1) is 16.8. The van der Waals surface area contributed by atoms with E-state index in [1.807, 2.05) is 34.9 Å². The molecular weight excluding hydrogens is 347 g/mol. The predicted octanol–water partition coefficient (Wildman–Crippen LogP) is 4.30. The lowest BCUT2D eigenvalue weighted by Crippen LogP contribution is -2.02. The van der Waals surface area contributed by atoms with E-state index < -0.39 is 0 Å². The molecule has 0 aliphatic carbocycles. The number of benzene rings is 2. The van der Waals surface area contributed by atoms with Crippen LogP contribution in [0.5, 0.6) is 11.5 Å². The highest BCUT2D eigenvalue weighted by Crippen LogP contribution is 2.32. The van der Waals surface area contributed by atoms with E-state index in [0.29, 0.717) is 17.4 Å². The molecule has 4 aromatic rings. The third-order valence-corrected chi connectivity index (χ3v) is 4.17. The third kappa shape index (κ3) is 3.27. The molecule has 0 fully saturated rings. The number of hydrogen-bond acceptors (Lipinski definition) is 5. The van der Waals surface area contributed by atoms with Crippen LogP contribution in [-0.4, -0.2) is 28.6 Å². The van der Waals surface area contributed by atoms with E-state index in [1.165, 1.54) is 12.1 Å². The Balaban J connectivity index is 1.79. The van der Waals surface area contributed by atoms with Gasteiger partial charge in [-0.25, -0.2) is 14.4 Å². The van der Waals surface area contributed by atoms with E-state index >= 15 is 0 Å². The van der Waals surface area contributed by atoms with Gasteiger partial charge in [-0.15, -0.1) is 0 Å². The molecule has 0 saturated heterocycles. The summed E-state index contributed by atoms with van der Waals surface area (Å²) >= 11 is 0. The number of anilines is 2. The zero-order chi connectivity index (χ0) is 18.8. The molecule has 27 heavy (non-hydrogen) atoms. The molecule has 2 aromatic carbocycles. The molecular formula is C20H17FN4O2. The summed E-state index contributed by atoms with van der Waals surface area (Å²) in [5, 5.41) is 3.21. The SMILES string of the molecule is COc1ccc(-c2cc3nccn3c(Nc3ccc(F)cc3)n2)cc1OC. The summed E-state index contributed by atoms with van der Waals surface area (Å²) in [6.45, 7) is 0. The quantitative estimate of drug-likeness (QED) is 0.572. The van der Waals surface area contributed by atoms with Gasteiger partial charge in [0.2, 0.25) is 5.95 Å². The molecule has 136 valence electrons. The first-order valence-electron chi connectivity index (χ1n) is 8.27. The number of imidazole rings is 1. The molecule has 0 atom stereocenters. The Hall–Kier alpha value is -3.61. The van der Waals surface area contributed by atoms with Crippen LogP contribution in [0.2, 0.25) is 0 Å². The van der Waals surface area contributed by atoms with E-state index in [9.17, 15) is 4.39 Å². The van der Waals surface area contributed by atoms with Crippen LogP contribution in [0.15, 0.2) is 60.9 Å². The van der Waals surface area contributed by atoms with Crippen LogP contribution in [-0.2, 0) is 0 Å². The number of methoxy groups -OCH3 is 2. The summed E-state index contributed by atoms with van der Waals surface area (Å²) in [6.07, 6.45) is 3.51. The van der Waals surface area contributed by atoms with Gasteiger partial charge in [0.1, 0.15) is 11.5 Å². The fourth-order valence-corrected chi connectivity index (χ4v) is 2.82. The van der Waals surface area contributed by atoms with Crippen molar-refractivity contribution in [2.75, 3.05) is 19.5 Å². The lowest BCUT2D eigenvalue weighted by Gasteiger charge is -2.12. The number of ether oxygens (including phenoxy) is 2. The molecule has 2 heterocycles. The van der Waals surface area contributed by atoms with E-state index in [1.54, 1.807) is 32.5 Å². The highest BCUT2D eigenvalue weighted by molar-refractivity contribution is 5.70. The number of aromatic nitrogens is 3. The zero-order valence-corrected chi connectivity index (χ0v) is 14.8. The smallest absolute Gasteiger partial charge is 0.213 e. The lowest BCUT2D eigenvalue weighted by atomic mass is 10.1. The van der Waals surface area contributed by atoms with E-state index in [0.717, 1.165) is 22.6 Å². The summed E-state index contributed by atoms with van der Waals surface area (Å²) in [4.78, 5) is 9.08. The Morgan fingerprint density at radius 1 is 0.963 bits per heavy atom. The van der Waals surface area contributed by atoms with Crippen molar-refractivity contribution in [3.05, 3.63) is 66.7 Å². The van der Waals surface area contributed by atoms with Gasteiger partial charge in [0.05, 0.1) is 19.9 Å². The van der Waals surface area contributed by atoms with Gasteiger partial charge in [-0.1, -0.05) is 0 Å². The molecule has 7 heteroatoms. The minimum Gasteiger partial charge on any atom is -0.493 e. The maximum atomic E-state index is 13.2. The zero-order valence-electron chi connectivity index (χ0n) is 14.8. The molecule has 0 radical (unpaired) electrons. The molecule has 2 aromatic heterocycles.